The number of fused-ring (bicyclic) bond motifs is 1. The molecule has 1 heterocycles. The van der Waals surface area contributed by atoms with E-state index in [0.29, 0.717) is 6.47 Å². The van der Waals surface area contributed by atoms with E-state index in [2.05, 4.69) is 34.0 Å². The van der Waals surface area contributed by atoms with Crippen LogP contribution in [0.3, 0.4) is 0 Å². The number of aliphatic hydroxyl groups is 1. The molecule has 6 heteroatoms. The maximum atomic E-state index is 9.60. The molecule has 0 radical (unpaired) electrons. The van der Waals surface area contributed by atoms with E-state index >= 15 is 0 Å². The van der Waals surface area contributed by atoms with E-state index < -0.39 is 0 Å². The number of hydrogen-bond acceptors (Lipinski definition) is 6. The van der Waals surface area contributed by atoms with Crippen molar-refractivity contribution in [2.75, 3.05) is 44.7 Å². The number of carbonyl (C=O) groups excluding carboxylic acids is 1. The van der Waals surface area contributed by atoms with Crippen LogP contribution >= 0.6 is 0 Å². The van der Waals surface area contributed by atoms with Crippen molar-refractivity contribution in [2.45, 2.75) is 52.6 Å². The average molecular weight is 381 g/mol. The van der Waals surface area contributed by atoms with E-state index in [-0.39, 0.29) is 12.2 Å². The topological polar surface area (TPSA) is 71.0 Å². The molecule has 0 saturated heterocycles. The largest absolute Gasteiger partial charge is 0.494 e. The first kappa shape index (κ1) is 23.2. The number of benzene rings is 1. The van der Waals surface area contributed by atoms with Crippen LogP contribution in [0.4, 0.5) is 5.69 Å². The van der Waals surface area contributed by atoms with Crippen molar-refractivity contribution in [3.8, 4) is 5.75 Å². The van der Waals surface area contributed by atoms with Gasteiger partial charge in [-0.2, -0.15) is 0 Å². The minimum absolute atomic E-state index is 0.244. The second kappa shape index (κ2) is 12.6. The van der Waals surface area contributed by atoms with Crippen LogP contribution in [0.25, 0.3) is 0 Å². The van der Waals surface area contributed by atoms with Gasteiger partial charge in [0.05, 0.1) is 13.2 Å². The smallest absolute Gasteiger partial charge is 0.293 e. The van der Waals surface area contributed by atoms with Crippen LogP contribution in [0.15, 0.2) is 18.2 Å². The SMILES string of the molecule is CC(C)(C)OC=O.CCN(CCO)CCCCOc1ccc2c(c1)CCN2. The van der Waals surface area contributed by atoms with E-state index in [1.54, 1.807) is 0 Å². The fourth-order valence-corrected chi connectivity index (χ4v) is 2.71. The number of aliphatic hydroxyl groups excluding tert-OH is 1. The van der Waals surface area contributed by atoms with Gasteiger partial charge < -0.3 is 24.8 Å². The van der Waals surface area contributed by atoms with Crippen LogP contribution in [0.5, 0.6) is 5.75 Å². The number of rotatable bonds is 10. The van der Waals surface area contributed by atoms with Crippen molar-refractivity contribution in [3.05, 3.63) is 23.8 Å². The molecule has 0 bridgehead atoms. The molecule has 1 aliphatic heterocycles. The molecular weight excluding hydrogens is 344 g/mol. The standard InChI is InChI=1S/C16H26N2O2.C5H10O2/c1-2-18(10-11-19)9-3-4-12-20-15-5-6-16-14(13-15)7-8-17-16;1-5(2,3)7-4-6/h5-6,13,17,19H,2-4,7-12H2,1H3;4H,1-3H3. The quantitative estimate of drug-likeness (QED) is 0.480. The predicted octanol–water partition coefficient (Wildman–Crippen LogP) is 3.09. The number of ether oxygens (including phenoxy) is 2. The highest BCUT2D eigenvalue weighted by Gasteiger charge is 2.10. The summed E-state index contributed by atoms with van der Waals surface area (Å²) in [5, 5.41) is 12.3. The molecule has 1 aromatic rings. The lowest BCUT2D eigenvalue weighted by Gasteiger charge is -2.18. The van der Waals surface area contributed by atoms with E-state index in [9.17, 15) is 4.79 Å². The maximum absolute atomic E-state index is 9.60. The summed E-state index contributed by atoms with van der Waals surface area (Å²) in [6.07, 6.45) is 3.26. The molecule has 1 aliphatic rings. The summed E-state index contributed by atoms with van der Waals surface area (Å²) in [4.78, 5) is 11.9. The minimum Gasteiger partial charge on any atom is -0.494 e. The molecule has 0 amide bonds. The second-order valence-electron chi connectivity index (χ2n) is 7.54. The fourth-order valence-electron chi connectivity index (χ4n) is 2.71. The van der Waals surface area contributed by atoms with E-state index in [0.717, 1.165) is 57.8 Å². The van der Waals surface area contributed by atoms with Gasteiger partial charge in [-0.1, -0.05) is 6.92 Å². The number of nitrogens with one attached hydrogen (secondary N) is 1. The highest BCUT2D eigenvalue weighted by Crippen LogP contribution is 2.26. The third kappa shape index (κ3) is 10.2. The number of carbonyl (C=O) groups is 1. The Morgan fingerprint density at radius 1 is 1.26 bits per heavy atom. The summed E-state index contributed by atoms with van der Waals surface area (Å²) >= 11 is 0. The first-order valence-electron chi connectivity index (χ1n) is 9.84. The lowest BCUT2D eigenvalue weighted by Crippen LogP contribution is -2.27. The molecule has 2 N–H and O–H groups in total. The van der Waals surface area contributed by atoms with Crippen molar-refractivity contribution >= 4 is 12.2 Å². The summed E-state index contributed by atoms with van der Waals surface area (Å²) in [5.74, 6) is 0.982. The first-order valence-corrected chi connectivity index (χ1v) is 9.84. The summed E-state index contributed by atoms with van der Waals surface area (Å²) in [5.41, 5.74) is 2.30. The molecule has 0 unspecified atom stereocenters. The van der Waals surface area contributed by atoms with Crippen molar-refractivity contribution in [3.63, 3.8) is 0 Å². The average Bonchev–Trinajstić information content (AvgIpc) is 3.08. The van der Waals surface area contributed by atoms with E-state index in [1.807, 2.05) is 26.8 Å². The highest BCUT2D eigenvalue weighted by molar-refractivity contribution is 5.57. The molecule has 0 saturated carbocycles. The zero-order valence-corrected chi connectivity index (χ0v) is 17.3. The van der Waals surface area contributed by atoms with Crippen LogP contribution < -0.4 is 10.1 Å². The Morgan fingerprint density at radius 3 is 2.63 bits per heavy atom. The zero-order chi connectivity index (χ0) is 20.1. The number of unbranched alkanes of at least 4 members (excludes halogenated alkanes) is 1. The number of likely N-dealkylation sites (N-methyl/N-ethyl adjacent to an activating group) is 1. The van der Waals surface area contributed by atoms with Crippen molar-refractivity contribution < 1.29 is 19.4 Å². The summed E-state index contributed by atoms with van der Waals surface area (Å²) < 4.78 is 10.4. The van der Waals surface area contributed by atoms with Crippen LogP contribution in [0.2, 0.25) is 0 Å². The van der Waals surface area contributed by atoms with Crippen molar-refractivity contribution in [1.82, 2.24) is 4.90 Å². The monoisotopic (exact) mass is 380 g/mol. The Bertz CT molecular complexity index is 543. The minimum atomic E-state index is -0.318. The van der Waals surface area contributed by atoms with Gasteiger partial charge >= 0.3 is 0 Å². The normalized spacial score (nSPS) is 12.7. The first-order chi connectivity index (χ1) is 12.9. The lowest BCUT2D eigenvalue weighted by atomic mass is 10.1. The molecule has 0 fully saturated rings. The fraction of sp³-hybridized carbons (Fsp3) is 0.667. The highest BCUT2D eigenvalue weighted by atomic mass is 16.5. The van der Waals surface area contributed by atoms with Gasteiger partial charge in [0.15, 0.2) is 0 Å². The van der Waals surface area contributed by atoms with Crippen molar-refractivity contribution in [2.24, 2.45) is 0 Å². The van der Waals surface area contributed by atoms with Gasteiger partial charge in [-0.25, -0.2) is 0 Å². The Labute approximate surface area is 163 Å². The second-order valence-corrected chi connectivity index (χ2v) is 7.54. The Hall–Kier alpha value is -1.79. The predicted molar refractivity (Wildman–Crippen MR) is 109 cm³/mol. The van der Waals surface area contributed by atoms with Gasteiger partial charge in [-0.3, -0.25) is 4.79 Å². The summed E-state index contributed by atoms with van der Waals surface area (Å²) in [7, 11) is 0. The molecule has 27 heavy (non-hydrogen) atoms. The van der Waals surface area contributed by atoms with Gasteiger partial charge in [0.1, 0.15) is 11.4 Å². The lowest BCUT2D eigenvalue weighted by molar-refractivity contribution is -0.138. The van der Waals surface area contributed by atoms with Gasteiger partial charge in [0.25, 0.3) is 6.47 Å². The Morgan fingerprint density at radius 2 is 2.04 bits per heavy atom. The van der Waals surface area contributed by atoms with Crippen molar-refractivity contribution in [1.29, 1.82) is 0 Å². The van der Waals surface area contributed by atoms with Gasteiger partial charge in [0, 0.05) is 18.8 Å². The van der Waals surface area contributed by atoms with Crippen LogP contribution in [-0.4, -0.2) is 61.5 Å². The maximum Gasteiger partial charge on any atom is 0.293 e. The molecule has 1 aromatic carbocycles. The van der Waals surface area contributed by atoms with Gasteiger partial charge in [-0.05, 0) is 76.9 Å². The number of anilines is 1. The Kier molecular flexibility index (Phi) is 10.8. The molecule has 2 rings (SSSR count). The van der Waals surface area contributed by atoms with Crippen LogP contribution in [-0.2, 0) is 16.0 Å². The third-order valence-electron chi connectivity index (χ3n) is 4.19. The molecular formula is C21H36N2O4. The Balaban J connectivity index is 0.000000445. The van der Waals surface area contributed by atoms with Crippen LogP contribution in [0, 0.1) is 0 Å². The zero-order valence-electron chi connectivity index (χ0n) is 17.3. The molecule has 6 nitrogen and oxygen atoms in total. The van der Waals surface area contributed by atoms with Gasteiger partial charge in [0.2, 0.25) is 0 Å². The molecule has 0 spiro atoms. The molecule has 0 atom stereocenters. The van der Waals surface area contributed by atoms with E-state index in [1.165, 1.54) is 11.3 Å². The van der Waals surface area contributed by atoms with E-state index in [4.69, 9.17) is 9.84 Å². The number of nitrogens with zero attached hydrogens (tertiary/aromatic N) is 1. The number of hydrogen-bond donors (Lipinski definition) is 2. The third-order valence-corrected chi connectivity index (χ3v) is 4.19. The molecule has 0 aliphatic carbocycles. The molecule has 0 aromatic heterocycles. The summed E-state index contributed by atoms with van der Waals surface area (Å²) in [6.45, 7) is 12.9. The van der Waals surface area contributed by atoms with Crippen LogP contribution in [0.1, 0.15) is 46.1 Å². The molecule has 154 valence electrons. The van der Waals surface area contributed by atoms with Gasteiger partial charge in [-0.15, -0.1) is 0 Å². The summed E-state index contributed by atoms with van der Waals surface area (Å²) in [6, 6.07) is 6.30.